The number of aliphatic hydroxyl groups excluding tert-OH is 1. The Morgan fingerprint density at radius 2 is 2.00 bits per heavy atom. The quantitative estimate of drug-likeness (QED) is 0.782. The molecule has 0 spiro atoms. The Balaban J connectivity index is 1.60. The SMILES string of the molecule is OCC1(CSCCCc2ccc(Cl)cc2)COC1. The predicted molar refractivity (Wildman–Crippen MR) is 77.4 cm³/mol. The molecular formula is C14H19ClO2S. The Morgan fingerprint density at radius 3 is 2.56 bits per heavy atom. The van der Waals surface area contributed by atoms with Crippen LogP contribution in [0.5, 0.6) is 0 Å². The summed E-state index contributed by atoms with van der Waals surface area (Å²) < 4.78 is 5.18. The van der Waals surface area contributed by atoms with Crippen molar-refractivity contribution in [2.75, 3.05) is 31.3 Å². The highest BCUT2D eigenvalue weighted by molar-refractivity contribution is 7.99. The second-order valence-electron chi connectivity index (χ2n) is 4.93. The summed E-state index contributed by atoms with van der Waals surface area (Å²) in [6.45, 7) is 1.68. The van der Waals surface area contributed by atoms with Crippen molar-refractivity contribution in [1.82, 2.24) is 0 Å². The molecule has 1 aliphatic heterocycles. The van der Waals surface area contributed by atoms with Crippen LogP contribution in [0.25, 0.3) is 0 Å². The lowest BCUT2D eigenvalue weighted by Gasteiger charge is -2.39. The van der Waals surface area contributed by atoms with E-state index in [-0.39, 0.29) is 12.0 Å². The number of rotatable bonds is 7. The Morgan fingerprint density at radius 1 is 1.28 bits per heavy atom. The first-order chi connectivity index (χ1) is 8.74. The Hall–Kier alpha value is -0.220. The molecule has 1 N–H and O–H groups in total. The average molecular weight is 287 g/mol. The Kier molecular flexibility index (Phi) is 5.37. The molecule has 0 bridgehead atoms. The fourth-order valence-electron chi connectivity index (χ4n) is 1.93. The van der Waals surface area contributed by atoms with Gasteiger partial charge in [-0.3, -0.25) is 0 Å². The summed E-state index contributed by atoms with van der Waals surface area (Å²) in [7, 11) is 0. The van der Waals surface area contributed by atoms with Gasteiger partial charge in [-0.1, -0.05) is 23.7 Å². The van der Waals surface area contributed by atoms with Crippen LogP contribution in [0.3, 0.4) is 0 Å². The van der Waals surface area contributed by atoms with Crippen molar-refractivity contribution in [2.45, 2.75) is 12.8 Å². The fourth-order valence-corrected chi connectivity index (χ4v) is 3.24. The maximum Gasteiger partial charge on any atom is 0.0575 e. The molecule has 0 unspecified atom stereocenters. The molecule has 0 saturated carbocycles. The zero-order valence-corrected chi connectivity index (χ0v) is 12.0. The van der Waals surface area contributed by atoms with Gasteiger partial charge in [0.05, 0.1) is 19.8 Å². The van der Waals surface area contributed by atoms with Gasteiger partial charge in [-0.05, 0) is 36.3 Å². The van der Waals surface area contributed by atoms with Gasteiger partial charge in [-0.2, -0.15) is 11.8 Å². The van der Waals surface area contributed by atoms with Gasteiger partial charge < -0.3 is 9.84 Å². The van der Waals surface area contributed by atoms with Crippen LogP contribution in [0.4, 0.5) is 0 Å². The Labute approximate surface area is 118 Å². The number of thioether (sulfide) groups is 1. The summed E-state index contributed by atoms with van der Waals surface area (Å²) in [5.74, 6) is 2.13. The molecule has 18 heavy (non-hydrogen) atoms. The number of aryl methyl sites for hydroxylation is 1. The molecule has 0 amide bonds. The highest BCUT2D eigenvalue weighted by Gasteiger charge is 2.37. The number of benzene rings is 1. The molecule has 0 radical (unpaired) electrons. The average Bonchev–Trinajstić information content (AvgIpc) is 2.34. The van der Waals surface area contributed by atoms with Gasteiger partial charge in [0.15, 0.2) is 0 Å². The molecule has 2 nitrogen and oxygen atoms in total. The molecule has 1 aliphatic rings. The third-order valence-corrected chi connectivity index (χ3v) is 4.87. The van der Waals surface area contributed by atoms with Crippen LogP contribution < -0.4 is 0 Å². The number of hydrogen-bond donors (Lipinski definition) is 1. The van der Waals surface area contributed by atoms with Crippen molar-refractivity contribution < 1.29 is 9.84 Å². The first kappa shape index (κ1) is 14.2. The van der Waals surface area contributed by atoms with Crippen LogP contribution in [0.2, 0.25) is 5.02 Å². The molecular weight excluding hydrogens is 268 g/mol. The van der Waals surface area contributed by atoms with E-state index in [9.17, 15) is 5.11 Å². The number of ether oxygens (including phenoxy) is 1. The van der Waals surface area contributed by atoms with Gasteiger partial charge in [-0.25, -0.2) is 0 Å². The van der Waals surface area contributed by atoms with E-state index in [1.165, 1.54) is 5.56 Å². The van der Waals surface area contributed by atoms with Crippen LogP contribution in [0, 0.1) is 5.41 Å². The topological polar surface area (TPSA) is 29.5 Å². The van der Waals surface area contributed by atoms with E-state index >= 15 is 0 Å². The fraction of sp³-hybridized carbons (Fsp3) is 0.571. The molecule has 1 heterocycles. The van der Waals surface area contributed by atoms with Crippen LogP contribution in [0.1, 0.15) is 12.0 Å². The van der Waals surface area contributed by atoms with Crippen molar-refractivity contribution >= 4 is 23.4 Å². The minimum absolute atomic E-state index is 0.0466. The van der Waals surface area contributed by atoms with Crippen LogP contribution >= 0.6 is 23.4 Å². The largest absolute Gasteiger partial charge is 0.396 e. The molecule has 1 fully saturated rings. The third-order valence-electron chi connectivity index (χ3n) is 3.23. The molecule has 2 rings (SSSR count). The van der Waals surface area contributed by atoms with E-state index in [0.717, 1.165) is 29.4 Å². The maximum absolute atomic E-state index is 9.29. The van der Waals surface area contributed by atoms with Crippen LogP contribution in [-0.4, -0.2) is 36.4 Å². The summed E-state index contributed by atoms with van der Waals surface area (Å²) in [5, 5.41) is 10.1. The predicted octanol–water partition coefficient (Wildman–Crippen LogP) is 3.01. The highest BCUT2D eigenvalue weighted by Crippen LogP contribution is 2.31. The van der Waals surface area contributed by atoms with Crippen molar-refractivity contribution in [3.63, 3.8) is 0 Å². The van der Waals surface area contributed by atoms with E-state index in [4.69, 9.17) is 16.3 Å². The lowest BCUT2D eigenvalue weighted by atomic mass is 9.90. The van der Waals surface area contributed by atoms with E-state index in [0.29, 0.717) is 13.2 Å². The van der Waals surface area contributed by atoms with Crippen molar-refractivity contribution in [1.29, 1.82) is 0 Å². The minimum Gasteiger partial charge on any atom is -0.396 e. The van der Waals surface area contributed by atoms with Crippen molar-refractivity contribution in [2.24, 2.45) is 5.41 Å². The first-order valence-corrected chi connectivity index (χ1v) is 7.78. The van der Waals surface area contributed by atoms with Gasteiger partial charge in [0, 0.05) is 16.2 Å². The van der Waals surface area contributed by atoms with E-state index in [1.807, 2.05) is 23.9 Å². The molecule has 0 atom stereocenters. The maximum atomic E-state index is 9.29. The molecule has 100 valence electrons. The monoisotopic (exact) mass is 286 g/mol. The summed E-state index contributed by atoms with van der Waals surface area (Å²) >= 11 is 7.76. The van der Waals surface area contributed by atoms with Gasteiger partial charge in [0.2, 0.25) is 0 Å². The van der Waals surface area contributed by atoms with Gasteiger partial charge in [-0.15, -0.1) is 0 Å². The third kappa shape index (κ3) is 3.89. The summed E-state index contributed by atoms with van der Waals surface area (Å²) in [6, 6.07) is 8.05. The number of hydrogen-bond acceptors (Lipinski definition) is 3. The summed E-state index contributed by atoms with van der Waals surface area (Å²) in [6.07, 6.45) is 2.25. The normalized spacial score (nSPS) is 17.4. The smallest absolute Gasteiger partial charge is 0.0575 e. The van der Waals surface area contributed by atoms with Gasteiger partial charge in [0.25, 0.3) is 0 Å². The van der Waals surface area contributed by atoms with Gasteiger partial charge in [0.1, 0.15) is 0 Å². The van der Waals surface area contributed by atoms with E-state index in [1.54, 1.807) is 0 Å². The molecule has 0 aliphatic carbocycles. The van der Waals surface area contributed by atoms with E-state index < -0.39 is 0 Å². The second kappa shape index (κ2) is 6.80. The van der Waals surface area contributed by atoms with Crippen LogP contribution in [0.15, 0.2) is 24.3 Å². The molecule has 1 aromatic carbocycles. The summed E-state index contributed by atoms with van der Waals surface area (Å²) in [5.41, 5.74) is 1.38. The zero-order chi connectivity index (χ0) is 12.8. The standard InChI is InChI=1S/C14H19ClO2S/c15-13-5-3-12(4-6-13)2-1-7-18-11-14(8-16)9-17-10-14/h3-6,16H,1-2,7-11H2. The number of aliphatic hydroxyl groups is 1. The number of halogens is 1. The van der Waals surface area contributed by atoms with Crippen LogP contribution in [-0.2, 0) is 11.2 Å². The van der Waals surface area contributed by atoms with E-state index in [2.05, 4.69) is 12.1 Å². The molecule has 0 aromatic heterocycles. The molecule has 1 aromatic rings. The van der Waals surface area contributed by atoms with Crippen molar-refractivity contribution in [3.05, 3.63) is 34.9 Å². The lowest BCUT2D eigenvalue weighted by molar-refractivity contribution is -0.121. The molecule has 1 saturated heterocycles. The minimum atomic E-state index is 0.0466. The molecule has 4 heteroatoms. The first-order valence-electron chi connectivity index (χ1n) is 6.25. The second-order valence-corrected chi connectivity index (χ2v) is 6.48. The highest BCUT2D eigenvalue weighted by atomic mass is 35.5. The zero-order valence-electron chi connectivity index (χ0n) is 10.4. The summed E-state index contributed by atoms with van der Waals surface area (Å²) in [4.78, 5) is 0. The van der Waals surface area contributed by atoms with Crippen molar-refractivity contribution in [3.8, 4) is 0 Å². The van der Waals surface area contributed by atoms with Gasteiger partial charge >= 0.3 is 0 Å². The Bertz CT molecular complexity index is 357. The lowest BCUT2D eigenvalue weighted by Crippen LogP contribution is -2.47.